The smallest absolute Gasteiger partial charge is 0.278 e. The molecule has 2 aromatic rings. The highest BCUT2D eigenvalue weighted by atomic mass is 79.9. The number of hydrazone groups is 1. The van der Waals surface area contributed by atoms with Crippen molar-refractivity contribution in [3.8, 4) is 0 Å². The number of carbonyl (C=O) groups excluding carboxylic acids is 2. The van der Waals surface area contributed by atoms with Gasteiger partial charge in [0.05, 0.1) is 23.2 Å². The Kier molecular flexibility index (Phi) is 6.35. The molecule has 0 radical (unpaired) electrons. The van der Waals surface area contributed by atoms with Crippen LogP contribution in [0.2, 0.25) is 0 Å². The van der Waals surface area contributed by atoms with E-state index >= 15 is 0 Å². The van der Waals surface area contributed by atoms with Crippen LogP contribution in [0, 0.1) is 10.1 Å². The van der Waals surface area contributed by atoms with E-state index in [4.69, 9.17) is 0 Å². The minimum absolute atomic E-state index is 0.122. The van der Waals surface area contributed by atoms with Crippen molar-refractivity contribution in [1.82, 2.24) is 10.7 Å². The Bertz CT molecular complexity index is 838. The number of nitro benzene ring substituents is 1. The number of amides is 2. The van der Waals surface area contributed by atoms with Crippen LogP contribution in [0.3, 0.4) is 0 Å². The molecule has 0 bridgehead atoms. The molecule has 8 nitrogen and oxygen atoms in total. The Labute approximate surface area is 151 Å². The van der Waals surface area contributed by atoms with E-state index in [1.165, 1.54) is 24.4 Å². The zero-order valence-electron chi connectivity index (χ0n) is 12.8. The highest BCUT2D eigenvalue weighted by molar-refractivity contribution is 9.10. The lowest BCUT2D eigenvalue weighted by atomic mass is 10.2. The molecular weight excluding hydrogens is 392 g/mol. The molecule has 0 spiro atoms. The molecule has 0 heterocycles. The predicted octanol–water partition coefficient (Wildman–Crippen LogP) is 2.24. The Morgan fingerprint density at radius 3 is 2.68 bits per heavy atom. The van der Waals surface area contributed by atoms with E-state index in [0.717, 1.165) is 4.47 Å². The first kappa shape index (κ1) is 18.3. The Morgan fingerprint density at radius 1 is 1.20 bits per heavy atom. The van der Waals surface area contributed by atoms with Gasteiger partial charge in [-0.2, -0.15) is 5.10 Å². The third-order valence-electron chi connectivity index (χ3n) is 3.02. The van der Waals surface area contributed by atoms with Crippen molar-refractivity contribution in [2.45, 2.75) is 0 Å². The Morgan fingerprint density at radius 2 is 1.96 bits per heavy atom. The summed E-state index contributed by atoms with van der Waals surface area (Å²) in [7, 11) is 0. The number of para-hydroxylation sites is 1. The lowest BCUT2D eigenvalue weighted by Crippen LogP contribution is -2.34. The van der Waals surface area contributed by atoms with Gasteiger partial charge in [-0.3, -0.25) is 19.7 Å². The molecule has 2 aromatic carbocycles. The first-order valence-electron chi connectivity index (χ1n) is 7.06. The number of nitro groups is 1. The fraction of sp³-hybridized carbons (Fsp3) is 0.0625. The van der Waals surface area contributed by atoms with E-state index in [-0.39, 0.29) is 17.8 Å². The summed E-state index contributed by atoms with van der Waals surface area (Å²) in [4.78, 5) is 33.9. The number of nitrogens with one attached hydrogen (secondary N) is 2. The molecule has 0 aromatic heterocycles. The highest BCUT2D eigenvalue weighted by Gasteiger charge is 2.10. The molecule has 0 saturated heterocycles. The van der Waals surface area contributed by atoms with Crippen LogP contribution in [-0.2, 0) is 4.79 Å². The van der Waals surface area contributed by atoms with Crippen LogP contribution in [0.15, 0.2) is 58.1 Å². The van der Waals surface area contributed by atoms with Gasteiger partial charge in [-0.05, 0) is 24.3 Å². The normalized spacial score (nSPS) is 10.4. The molecule has 0 saturated carbocycles. The summed E-state index contributed by atoms with van der Waals surface area (Å²) in [5.41, 5.74) is 2.74. The maximum Gasteiger partial charge on any atom is 0.278 e. The van der Waals surface area contributed by atoms with E-state index in [0.29, 0.717) is 5.56 Å². The number of benzene rings is 2. The Balaban J connectivity index is 1.87. The lowest BCUT2D eigenvalue weighted by molar-refractivity contribution is -0.385. The molecule has 128 valence electrons. The minimum Gasteiger partial charge on any atom is -0.343 e. The average Bonchev–Trinajstić information content (AvgIpc) is 2.60. The standard InChI is InChI=1S/C16H13BrN4O4/c17-13-6-3-5-11(8-13)16(23)18-10-15(22)20-19-9-12-4-1-2-7-14(12)21(24)25/h1-9H,10H2,(H,18,23)(H,20,22)/b19-9+. The molecule has 0 aliphatic carbocycles. The van der Waals surface area contributed by atoms with Gasteiger partial charge in [0.25, 0.3) is 17.5 Å². The largest absolute Gasteiger partial charge is 0.343 e. The maximum absolute atomic E-state index is 11.9. The van der Waals surface area contributed by atoms with Gasteiger partial charge in [0.15, 0.2) is 0 Å². The first-order valence-corrected chi connectivity index (χ1v) is 7.86. The summed E-state index contributed by atoms with van der Waals surface area (Å²) in [6, 6.07) is 12.7. The summed E-state index contributed by atoms with van der Waals surface area (Å²) < 4.78 is 0.749. The van der Waals surface area contributed by atoms with Gasteiger partial charge in [-0.1, -0.05) is 34.1 Å². The van der Waals surface area contributed by atoms with E-state index in [9.17, 15) is 19.7 Å². The Hall–Kier alpha value is -3.07. The van der Waals surface area contributed by atoms with Gasteiger partial charge < -0.3 is 5.32 Å². The fourth-order valence-electron chi connectivity index (χ4n) is 1.87. The van der Waals surface area contributed by atoms with Crippen molar-refractivity contribution >= 4 is 39.6 Å². The topological polar surface area (TPSA) is 114 Å². The van der Waals surface area contributed by atoms with Crippen LogP contribution in [0.1, 0.15) is 15.9 Å². The average molecular weight is 405 g/mol. The lowest BCUT2D eigenvalue weighted by Gasteiger charge is -2.04. The monoisotopic (exact) mass is 404 g/mol. The maximum atomic E-state index is 11.9. The molecule has 2 N–H and O–H groups in total. The second-order valence-corrected chi connectivity index (χ2v) is 5.72. The van der Waals surface area contributed by atoms with Gasteiger partial charge in [-0.25, -0.2) is 5.43 Å². The molecule has 0 aliphatic heterocycles. The molecule has 9 heteroatoms. The zero-order chi connectivity index (χ0) is 18.2. The molecule has 2 amide bonds. The van der Waals surface area contributed by atoms with E-state index < -0.39 is 16.7 Å². The number of nitrogens with zero attached hydrogens (tertiary/aromatic N) is 2. The summed E-state index contributed by atoms with van der Waals surface area (Å²) >= 11 is 3.26. The van der Waals surface area contributed by atoms with Gasteiger partial charge in [0, 0.05) is 16.1 Å². The molecule has 0 aliphatic rings. The van der Waals surface area contributed by atoms with Gasteiger partial charge in [0.2, 0.25) is 0 Å². The summed E-state index contributed by atoms with van der Waals surface area (Å²) in [6.45, 7) is -0.278. The number of halogens is 1. The molecule has 0 atom stereocenters. The molecule has 0 fully saturated rings. The summed E-state index contributed by atoms with van der Waals surface area (Å²) in [5.74, 6) is -0.961. The highest BCUT2D eigenvalue weighted by Crippen LogP contribution is 2.15. The minimum atomic E-state index is -0.557. The summed E-state index contributed by atoms with van der Waals surface area (Å²) in [6.07, 6.45) is 1.17. The van der Waals surface area contributed by atoms with Crippen LogP contribution in [-0.4, -0.2) is 29.5 Å². The van der Waals surface area contributed by atoms with E-state index in [2.05, 4.69) is 31.8 Å². The fourth-order valence-corrected chi connectivity index (χ4v) is 2.27. The third kappa shape index (κ3) is 5.50. The van der Waals surface area contributed by atoms with Gasteiger partial charge >= 0.3 is 0 Å². The van der Waals surface area contributed by atoms with Crippen molar-refractivity contribution in [2.24, 2.45) is 5.10 Å². The third-order valence-corrected chi connectivity index (χ3v) is 3.52. The van der Waals surface area contributed by atoms with Crippen molar-refractivity contribution < 1.29 is 14.5 Å². The van der Waals surface area contributed by atoms with E-state index in [1.54, 1.807) is 30.3 Å². The summed E-state index contributed by atoms with van der Waals surface area (Å²) in [5, 5.41) is 17.0. The number of rotatable bonds is 6. The van der Waals surface area contributed by atoms with E-state index in [1.807, 2.05) is 0 Å². The van der Waals surface area contributed by atoms with Crippen molar-refractivity contribution in [3.05, 3.63) is 74.2 Å². The SMILES string of the molecule is O=C(CNC(=O)c1cccc(Br)c1)N/N=C/c1ccccc1[N+](=O)[O-]. The van der Waals surface area contributed by atoms with Crippen molar-refractivity contribution in [1.29, 1.82) is 0 Å². The second-order valence-electron chi connectivity index (χ2n) is 4.80. The van der Waals surface area contributed by atoms with Gasteiger partial charge in [0.1, 0.15) is 0 Å². The van der Waals surface area contributed by atoms with Crippen LogP contribution >= 0.6 is 15.9 Å². The number of carbonyl (C=O) groups is 2. The first-order chi connectivity index (χ1) is 12.0. The predicted molar refractivity (Wildman–Crippen MR) is 95.3 cm³/mol. The van der Waals surface area contributed by atoms with Crippen LogP contribution in [0.4, 0.5) is 5.69 Å². The molecular formula is C16H13BrN4O4. The molecule has 25 heavy (non-hydrogen) atoms. The zero-order valence-corrected chi connectivity index (χ0v) is 14.4. The van der Waals surface area contributed by atoms with Crippen LogP contribution < -0.4 is 10.7 Å². The number of hydrogen-bond donors (Lipinski definition) is 2. The number of hydrogen-bond acceptors (Lipinski definition) is 5. The van der Waals surface area contributed by atoms with Crippen molar-refractivity contribution in [2.75, 3.05) is 6.54 Å². The molecule has 0 unspecified atom stereocenters. The quantitative estimate of drug-likeness (QED) is 0.436. The second kappa shape index (κ2) is 8.69. The molecule has 2 rings (SSSR count). The van der Waals surface area contributed by atoms with Crippen LogP contribution in [0.5, 0.6) is 0 Å². The van der Waals surface area contributed by atoms with Crippen molar-refractivity contribution in [3.63, 3.8) is 0 Å². The van der Waals surface area contributed by atoms with Gasteiger partial charge in [-0.15, -0.1) is 0 Å². The van der Waals surface area contributed by atoms with Crippen LogP contribution in [0.25, 0.3) is 0 Å².